The Hall–Kier alpha value is -0.610. The van der Waals surface area contributed by atoms with Crippen LogP contribution in [0.2, 0.25) is 0 Å². The van der Waals surface area contributed by atoms with Crippen molar-refractivity contribution in [2.75, 3.05) is 27.3 Å². The van der Waals surface area contributed by atoms with Crippen molar-refractivity contribution in [3.8, 4) is 0 Å². The van der Waals surface area contributed by atoms with E-state index < -0.39 is 0 Å². The Balaban J connectivity index is 3.38. The third-order valence-electron chi connectivity index (χ3n) is 1.03. The molecule has 0 fully saturated rings. The molecule has 0 saturated carbocycles. The van der Waals surface area contributed by atoms with E-state index in [2.05, 4.69) is 10.1 Å². The van der Waals surface area contributed by atoms with Crippen molar-refractivity contribution in [1.29, 1.82) is 0 Å². The lowest BCUT2D eigenvalue weighted by Gasteiger charge is -2.12. The van der Waals surface area contributed by atoms with Crippen LogP contribution in [0, 0.1) is 0 Å². The molecule has 0 saturated heterocycles. The van der Waals surface area contributed by atoms with Crippen molar-refractivity contribution >= 4 is 6.47 Å². The van der Waals surface area contributed by atoms with Crippen molar-refractivity contribution < 1.29 is 14.3 Å². The van der Waals surface area contributed by atoms with Gasteiger partial charge in [0.15, 0.2) is 0 Å². The molecule has 1 unspecified atom stereocenters. The van der Waals surface area contributed by atoms with E-state index in [4.69, 9.17) is 4.74 Å². The van der Waals surface area contributed by atoms with Crippen LogP contribution in [0.3, 0.4) is 0 Å². The average Bonchev–Trinajstić information content (AvgIpc) is 1.90. The minimum absolute atomic E-state index is 0.174. The topological polar surface area (TPSA) is 47.6 Å². The van der Waals surface area contributed by atoms with E-state index in [1.807, 2.05) is 0 Å². The van der Waals surface area contributed by atoms with Gasteiger partial charge in [-0.2, -0.15) is 0 Å². The summed E-state index contributed by atoms with van der Waals surface area (Å²) in [4.78, 5) is 9.86. The number of hydrogen-bond acceptors (Lipinski definition) is 4. The normalized spacial score (nSPS) is 12.6. The number of ether oxygens (including phenoxy) is 2. The van der Waals surface area contributed by atoms with Gasteiger partial charge < -0.3 is 14.8 Å². The van der Waals surface area contributed by atoms with Crippen LogP contribution < -0.4 is 5.32 Å². The summed E-state index contributed by atoms with van der Waals surface area (Å²) in [6.07, 6.45) is -0.174. The first-order valence-electron chi connectivity index (χ1n) is 3.07. The van der Waals surface area contributed by atoms with Crippen molar-refractivity contribution in [2.24, 2.45) is 0 Å². The standard InChI is InChI=1S/C6H13NO3/c1-7-3-6(4-9-2)10-5-8/h5-7H,3-4H2,1-2H3. The second kappa shape index (κ2) is 6.51. The summed E-state index contributed by atoms with van der Waals surface area (Å²) in [5, 5.41) is 2.87. The molecule has 0 aliphatic rings. The van der Waals surface area contributed by atoms with Crippen LogP contribution in [0.5, 0.6) is 0 Å². The number of hydrogen-bond donors (Lipinski definition) is 1. The van der Waals surface area contributed by atoms with E-state index in [0.717, 1.165) is 0 Å². The van der Waals surface area contributed by atoms with E-state index in [-0.39, 0.29) is 6.10 Å². The van der Waals surface area contributed by atoms with Crippen LogP contribution in [0.25, 0.3) is 0 Å². The lowest BCUT2D eigenvalue weighted by atomic mass is 10.4. The molecule has 10 heavy (non-hydrogen) atoms. The number of carbonyl (C=O) groups is 1. The molecule has 4 heteroatoms. The molecule has 1 N–H and O–H groups in total. The molecule has 0 amide bonds. The summed E-state index contributed by atoms with van der Waals surface area (Å²) in [5.74, 6) is 0. The van der Waals surface area contributed by atoms with Gasteiger partial charge in [-0.05, 0) is 7.05 Å². The molecule has 0 aromatic carbocycles. The molecule has 60 valence electrons. The Bertz CT molecular complexity index is 81.1. The lowest BCUT2D eigenvalue weighted by molar-refractivity contribution is -0.135. The molecule has 4 nitrogen and oxygen atoms in total. The molecule has 0 aromatic heterocycles. The van der Waals surface area contributed by atoms with E-state index in [1.54, 1.807) is 14.2 Å². The highest BCUT2D eigenvalue weighted by atomic mass is 16.6. The van der Waals surface area contributed by atoms with Gasteiger partial charge in [0.25, 0.3) is 6.47 Å². The number of likely N-dealkylation sites (N-methyl/N-ethyl adjacent to an activating group) is 1. The minimum atomic E-state index is -0.174. The molecule has 0 spiro atoms. The Morgan fingerprint density at radius 2 is 2.40 bits per heavy atom. The molecule has 0 heterocycles. The van der Waals surface area contributed by atoms with Gasteiger partial charge in [0.1, 0.15) is 6.10 Å². The van der Waals surface area contributed by atoms with Crippen LogP contribution in [-0.4, -0.2) is 39.9 Å². The monoisotopic (exact) mass is 147 g/mol. The smallest absolute Gasteiger partial charge is 0.293 e. The first kappa shape index (κ1) is 9.39. The number of rotatable bonds is 6. The van der Waals surface area contributed by atoms with Crippen LogP contribution in [-0.2, 0) is 14.3 Å². The predicted molar refractivity (Wildman–Crippen MR) is 36.7 cm³/mol. The fourth-order valence-corrected chi connectivity index (χ4v) is 0.638. The molecule has 0 aromatic rings. The first-order chi connectivity index (χ1) is 4.85. The molecule has 0 bridgehead atoms. The summed E-state index contributed by atoms with van der Waals surface area (Å²) in [7, 11) is 3.35. The van der Waals surface area contributed by atoms with Gasteiger partial charge in [0.05, 0.1) is 6.61 Å². The van der Waals surface area contributed by atoms with Gasteiger partial charge >= 0.3 is 0 Å². The van der Waals surface area contributed by atoms with Crippen LogP contribution in [0.4, 0.5) is 0 Å². The number of carbonyl (C=O) groups excluding carboxylic acids is 1. The highest BCUT2D eigenvalue weighted by molar-refractivity contribution is 5.37. The van der Waals surface area contributed by atoms with Gasteiger partial charge in [-0.3, -0.25) is 4.79 Å². The summed E-state index contributed by atoms with van der Waals surface area (Å²) in [6, 6.07) is 0. The molecular formula is C6H13NO3. The van der Waals surface area contributed by atoms with Crippen molar-refractivity contribution in [1.82, 2.24) is 5.32 Å². The summed E-state index contributed by atoms with van der Waals surface area (Å²) in [5.41, 5.74) is 0. The first-order valence-corrected chi connectivity index (χ1v) is 3.07. The zero-order valence-corrected chi connectivity index (χ0v) is 6.29. The maximum absolute atomic E-state index is 9.86. The molecule has 1 atom stereocenters. The van der Waals surface area contributed by atoms with Gasteiger partial charge in [-0.1, -0.05) is 0 Å². The highest BCUT2D eigenvalue weighted by Crippen LogP contribution is 1.87. The quantitative estimate of drug-likeness (QED) is 0.509. The Morgan fingerprint density at radius 1 is 1.70 bits per heavy atom. The second-order valence-corrected chi connectivity index (χ2v) is 1.87. The molecule has 0 radical (unpaired) electrons. The predicted octanol–water partition coefficient (Wildman–Crippen LogP) is -0.606. The van der Waals surface area contributed by atoms with Gasteiger partial charge in [0.2, 0.25) is 0 Å². The zero-order chi connectivity index (χ0) is 7.82. The zero-order valence-electron chi connectivity index (χ0n) is 6.29. The Kier molecular flexibility index (Phi) is 6.11. The van der Waals surface area contributed by atoms with Crippen LogP contribution >= 0.6 is 0 Å². The van der Waals surface area contributed by atoms with E-state index in [9.17, 15) is 4.79 Å². The van der Waals surface area contributed by atoms with E-state index >= 15 is 0 Å². The fraction of sp³-hybridized carbons (Fsp3) is 0.833. The third-order valence-corrected chi connectivity index (χ3v) is 1.03. The summed E-state index contributed by atoms with van der Waals surface area (Å²) >= 11 is 0. The molecular weight excluding hydrogens is 134 g/mol. The van der Waals surface area contributed by atoms with Crippen molar-refractivity contribution in [2.45, 2.75) is 6.10 Å². The minimum Gasteiger partial charge on any atom is -0.461 e. The number of methoxy groups -OCH3 is 1. The maximum Gasteiger partial charge on any atom is 0.293 e. The highest BCUT2D eigenvalue weighted by Gasteiger charge is 2.05. The second-order valence-electron chi connectivity index (χ2n) is 1.87. The van der Waals surface area contributed by atoms with Crippen LogP contribution in [0.1, 0.15) is 0 Å². The Labute approximate surface area is 60.5 Å². The Morgan fingerprint density at radius 3 is 2.80 bits per heavy atom. The summed E-state index contributed by atoms with van der Waals surface area (Å²) < 4.78 is 9.44. The third kappa shape index (κ3) is 4.29. The van der Waals surface area contributed by atoms with Gasteiger partial charge in [-0.25, -0.2) is 0 Å². The molecule has 0 rings (SSSR count). The largest absolute Gasteiger partial charge is 0.461 e. The fourth-order valence-electron chi connectivity index (χ4n) is 0.638. The average molecular weight is 147 g/mol. The van der Waals surface area contributed by atoms with Crippen molar-refractivity contribution in [3.05, 3.63) is 0 Å². The van der Waals surface area contributed by atoms with Crippen molar-refractivity contribution in [3.63, 3.8) is 0 Å². The van der Waals surface area contributed by atoms with Crippen LogP contribution in [0.15, 0.2) is 0 Å². The van der Waals surface area contributed by atoms with E-state index in [1.165, 1.54) is 0 Å². The molecule has 0 aliphatic heterocycles. The number of nitrogens with one attached hydrogen (secondary N) is 1. The summed E-state index contributed by atoms with van der Waals surface area (Å²) in [6.45, 7) is 1.48. The van der Waals surface area contributed by atoms with E-state index in [0.29, 0.717) is 19.6 Å². The van der Waals surface area contributed by atoms with Gasteiger partial charge in [-0.15, -0.1) is 0 Å². The lowest BCUT2D eigenvalue weighted by Crippen LogP contribution is -2.30. The SMILES string of the molecule is CNCC(COC)OC=O. The van der Waals surface area contributed by atoms with Gasteiger partial charge in [0, 0.05) is 13.7 Å². The molecule has 0 aliphatic carbocycles. The maximum atomic E-state index is 9.86.